The molecule has 1 aromatic rings. The minimum atomic E-state index is -3.42. The van der Waals surface area contributed by atoms with E-state index in [1.165, 1.54) is 19.2 Å². The standard InChI is InChI=1S/C13H20FN3O4S/c1-16-22(19,20)8-6-17-13(18)11-9-10(14)3-4-12(11)21-7-2-5-15/h3-4,9,16H,2,5-8,15H2,1H3,(H,17,18). The van der Waals surface area contributed by atoms with E-state index in [-0.39, 0.29) is 23.6 Å². The number of amides is 1. The van der Waals surface area contributed by atoms with Gasteiger partial charge in [-0.1, -0.05) is 0 Å². The second-order valence-corrected chi connectivity index (χ2v) is 6.46. The van der Waals surface area contributed by atoms with Crippen LogP contribution >= 0.6 is 0 Å². The summed E-state index contributed by atoms with van der Waals surface area (Å²) >= 11 is 0. The molecule has 0 fully saturated rings. The number of hydrogen-bond acceptors (Lipinski definition) is 5. The average Bonchev–Trinajstić information content (AvgIpc) is 2.48. The molecule has 4 N–H and O–H groups in total. The molecule has 0 heterocycles. The summed E-state index contributed by atoms with van der Waals surface area (Å²) in [5.74, 6) is -1.23. The second-order valence-electron chi connectivity index (χ2n) is 4.41. The number of halogens is 1. The average molecular weight is 333 g/mol. The van der Waals surface area contributed by atoms with Gasteiger partial charge in [0.15, 0.2) is 0 Å². The second kappa shape index (κ2) is 8.66. The Hall–Kier alpha value is -1.71. The van der Waals surface area contributed by atoms with Gasteiger partial charge in [-0.3, -0.25) is 4.79 Å². The Kier molecular flexibility index (Phi) is 7.22. The van der Waals surface area contributed by atoms with Crippen LogP contribution in [0.5, 0.6) is 5.75 Å². The van der Waals surface area contributed by atoms with E-state index in [2.05, 4.69) is 10.0 Å². The molecule has 9 heteroatoms. The Balaban J connectivity index is 2.72. The Bertz CT molecular complexity index is 607. The summed E-state index contributed by atoms with van der Waals surface area (Å²) in [6.45, 7) is 0.641. The van der Waals surface area contributed by atoms with Crippen molar-refractivity contribution in [3.05, 3.63) is 29.6 Å². The zero-order chi connectivity index (χ0) is 16.6. The van der Waals surface area contributed by atoms with Crippen LogP contribution in [0.3, 0.4) is 0 Å². The minimum absolute atomic E-state index is 0.0128. The molecular weight excluding hydrogens is 313 g/mol. The lowest BCUT2D eigenvalue weighted by atomic mass is 10.2. The van der Waals surface area contributed by atoms with Crippen molar-refractivity contribution in [3.63, 3.8) is 0 Å². The van der Waals surface area contributed by atoms with Gasteiger partial charge in [-0.05, 0) is 38.2 Å². The van der Waals surface area contributed by atoms with Crippen LogP contribution in [0.4, 0.5) is 4.39 Å². The lowest BCUT2D eigenvalue weighted by molar-refractivity contribution is 0.0951. The van der Waals surface area contributed by atoms with Gasteiger partial charge in [-0.15, -0.1) is 0 Å². The highest BCUT2D eigenvalue weighted by Gasteiger charge is 2.15. The quantitative estimate of drug-likeness (QED) is 0.544. The maximum Gasteiger partial charge on any atom is 0.255 e. The number of sulfonamides is 1. The number of hydrogen-bond donors (Lipinski definition) is 3. The molecule has 0 radical (unpaired) electrons. The fraction of sp³-hybridized carbons (Fsp3) is 0.462. The number of nitrogens with one attached hydrogen (secondary N) is 2. The fourth-order valence-corrected chi connectivity index (χ4v) is 2.14. The molecule has 0 saturated carbocycles. The van der Waals surface area contributed by atoms with E-state index >= 15 is 0 Å². The first-order valence-corrected chi connectivity index (χ1v) is 8.36. The van der Waals surface area contributed by atoms with E-state index in [9.17, 15) is 17.6 Å². The molecule has 22 heavy (non-hydrogen) atoms. The van der Waals surface area contributed by atoms with Crippen molar-refractivity contribution < 1.29 is 22.3 Å². The van der Waals surface area contributed by atoms with Gasteiger partial charge in [0.25, 0.3) is 5.91 Å². The molecule has 0 aliphatic carbocycles. The first kappa shape index (κ1) is 18.3. The molecule has 0 aliphatic rings. The molecule has 1 amide bonds. The normalized spacial score (nSPS) is 11.2. The SMILES string of the molecule is CNS(=O)(=O)CCNC(=O)c1cc(F)ccc1OCCCN. The van der Waals surface area contributed by atoms with E-state index < -0.39 is 21.7 Å². The van der Waals surface area contributed by atoms with Gasteiger partial charge >= 0.3 is 0 Å². The number of rotatable bonds is 9. The molecule has 0 aromatic heterocycles. The van der Waals surface area contributed by atoms with E-state index in [0.29, 0.717) is 19.6 Å². The van der Waals surface area contributed by atoms with Gasteiger partial charge in [-0.2, -0.15) is 0 Å². The lowest BCUT2D eigenvalue weighted by Crippen LogP contribution is -2.33. The van der Waals surface area contributed by atoms with Crippen molar-refractivity contribution in [2.75, 3.05) is 32.5 Å². The van der Waals surface area contributed by atoms with Crippen LogP contribution in [0.1, 0.15) is 16.8 Å². The highest BCUT2D eigenvalue weighted by Crippen LogP contribution is 2.19. The predicted molar refractivity (Wildman–Crippen MR) is 80.7 cm³/mol. The predicted octanol–water partition coefficient (Wildman–Crippen LogP) is -0.168. The van der Waals surface area contributed by atoms with Crippen LogP contribution in [0.15, 0.2) is 18.2 Å². The van der Waals surface area contributed by atoms with Crippen molar-refractivity contribution >= 4 is 15.9 Å². The van der Waals surface area contributed by atoms with E-state index in [4.69, 9.17) is 10.5 Å². The monoisotopic (exact) mass is 333 g/mol. The fourth-order valence-electron chi connectivity index (χ4n) is 1.57. The van der Waals surface area contributed by atoms with E-state index in [0.717, 1.165) is 6.07 Å². The third-order valence-electron chi connectivity index (χ3n) is 2.76. The third-order valence-corrected chi connectivity index (χ3v) is 4.12. The van der Waals surface area contributed by atoms with Gasteiger partial charge < -0.3 is 15.8 Å². The van der Waals surface area contributed by atoms with Crippen molar-refractivity contribution in [1.29, 1.82) is 0 Å². The zero-order valence-corrected chi connectivity index (χ0v) is 13.1. The topological polar surface area (TPSA) is 111 Å². The Morgan fingerprint density at radius 1 is 1.41 bits per heavy atom. The Labute approximate surface area is 129 Å². The summed E-state index contributed by atoms with van der Waals surface area (Å²) in [7, 11) is -2.13. The summed E-state index contributed by atoms with van der Waals surface area (Å²) in [6, 6.07) is 3.57. The number of benzene rings is 1. The van der Waals surface area contributed by atoms with Gasteiger partial charge in [0.1, 0.15) is 11.6 Å². The molecule has 0 atom stereocenters. The van der Waals surface area contributed by atoms with Gasteiger partial charge in [0.2, 0.25) is 10.0 Å². The van der Waals surface area contributed by atoms with Crippen LogP contribution in [-0.2, 0) is 10.0 Å². The Morgan fingerprint density at radius 2 is 2.14 bits per heavy atom. The molecule has 7 nitrogen and oxygen atoms in total. The number of carbonyl (C=O) groups excluding carboxylic acids is 1. The molecule has 0 bridgehead atoms. The van der Waals surface area contributed by atoms with Crippen LogP contribution in [0, 0.1) is 5.82 Å². The largest absolute Gasteiger partial charge is 0.493 e. The summed E-state index contributed by atoms with van der Waals surface area (Å²) in [5.41, 5.74) is 5.37. The number of nitrogens with two attached hydrogens (primary N) is 1. The molecule has 0 spiro atoms. The molecule has 1 aromatic carbocycles. The first-order valence-electron chi connectivity index (χ1n) is 6.71. The van der Waals surface area contributed by atoms with Crippen LogP contribution in [-0.4, -0.2) is 46.8 Å². The smallest absolute Gasteiger partial charge is 0.255 e. The third kappa shape index (κ3) is 5.96. The van der Waals surface area contributed by atoms with Gasteiger partial charge in [0, 0.05) is 6.54 Å². The van der Waals surface area contributed by atoms with E-state index in [1.807, 2.05) is 0 Å². The lowest BCUT2D eigenvalue weighted by Gasteiger charge is -2.11. The summed E-state index contributed by atoms with van der Waals surface area (Å²) in [4.78, 5) is 12.0. The molecule has 0 saturated heterocycles. The van der Waals surface area contributed by atoms with E-state index in [1.54, 1.807) is 0 Å². The molecule has 0 unspecified atom stereocenters. The van der Waals surface area contributed by atoms with Gasteiger partial charge in [0.05, 0.1) is 17.9 Å². The summed E-state index contributed by atoms with van der Waals surface area (Å²) in [6.07, 6.45) is 0.596. The van der Waals surface area contributed by atoms with Crippen molar-refractivity contribution in [2.45, 2.75) is 6.42 Å². The summed E-state index contributed by atoms with van der Waals surface area (Å²) < 4.78 is 43.3. The minimum Gasteiger partial charge on any atom is -0.493 e. The maximum atomic E-state index is 13.3. The summed E-state index contributed by atoms with van der Waals surface area (Å²) in [5, 5.41) is 2.42. The van der Waals surface area contributed by atoms with Crippen molar-refractivity contribution in [1.82, 2.24) is 10.0 Å². The maximum absolute atomic E-state index is 13.3. The van der Waals surface area contributed by atoms with Gasteiger partial charge in [-0.25, -0.2) is 17.5 Å². The van der Waals surface area contributed by atoms with Crippen LogP contribution in [0.2, 0.25) is 0 Å². The number of ether oxygens (including phenoxy) is 1. The van der Waals surface area contributed by atoms with Crippen LogP contribution < -0.4 is 20.5 Å². The zero-order valence-electron chi connectivity index (χ0n) is 12.3. The highest BCUT2D eigenvalue weighted by molar-refractivity contribution is 7.89. The highest BCUT2D eigenvalue weighted by atomic mass is 32.2. The number of carbonyl (C=O) groups is 1. The van der Waals surface area contributed by atoms with Crippen LogP contribution in [0.25, 0.3) is 0 Å². The first-order chi connectivity index (χ1) is 10.4. The molecular formula is C13H20FN3O4S. The Morgan fingerprint density at radius 3 is 2.77 bits per heavy atom. The van der Waals surface area contributed by atoms with Crippen molar-refractivity contribution in [2.24, 2.45) is 5.73 Å². The molecule has 124 valence electrons. The molecule has 1 rings (SSSR count). The van der Waals surface area contributed by atoms with Crippen molar-refractivity contribution in [3.8, 4) is 5.75 Å². The molecule has 0 aliphatic heterocycles.